The molecule has 16 heavy (non-hydrogen) atoms. The fourth-order valence-corrected chi connectivity index (χ4v) is 2.37. The number of piperidine rings is 1. The molecule has 1 heterocycles. The smallest absolute Gasteiger partial charge is 0.123 e. The minimum atomic E-state index is -0.210. The summed E-state index contributed by atoms with van der Waals surface area (Å²) in [5.41, 5.74) is 0.876. The standard InChI is InChI=1S/C13H18FNO/c14-12-5-3-11(4-6-12)9-13(10-16)7-1-2-8-15-13/h3-6,15-16H,1-2,7-10H2. The van der Waals surface area contributed by atoms with Crippen LogP contribution in [0.1, 0.15) is 24.8 Å². The molecule has 0 radical (unpaired) electrons. The quantitative estimate of drug-likeness (QED) is 0.820. The number of aliphatic hydroxyl groups is 1. The molecule has 0 aliphatic carbocycles. The number of hydrogen-bond acceptors (Lipinski definition) is 2. The lowest BCUT2D eigenvalue weighted by atomic mass is 9.84. The summed E-state index contributed by atoms with van der Waals surface area (Å²) in [6.07, 6.45) is 4.07. The van der Waals surface area contributed by atoms with Crippen molar-refractivity contribution in [3.8, 4) is 0 Å². The van der Waals surface area contributed by atoms with Crippen molar-refractivity contribution in [2.75, 3.05) is 13.2 Å². The van der Waals surface area contributed by atoms with Crippen LogP contribution in [0, 0.1) is 5.82 Å². The van der Waals surface area contributed by atoms with Crippen LogP contribution < -0.4 is 5.32 Å². The second-order valence-corrected chi connectivity index (χ2v) is 4.63. The van der Waals surface area contributed by atoms with Crippen LogP contribution in [0.25, 0.3) is 0 Å². The van der Waals surface area contributed by atoms with E-state index in [1.165, 1.54) is 18.6 Å². The van der Waals surface area contributed by atoms with Crippen LogP contribution in [-0.2, 0) is 6.42 Å². The van der Waals surface area contributed by atoms with Crippen LogP contribution in [0.3, 0.4) is 0 Å². The second-order valence-electron chi connectivity index (χ2n) is 4.63. The molecule has 88 valence electrons. The van der Waals surface area contributed by atoms with Gasteiger partial charge in [-0.3, -0.25) is 0 Å². The second kappa shape index (κ2) is 4.93. The molecule has 0 spiro atoms. The van der Waals surface area contributed by atoms with Crippen LogP contribution in [-0.4, -0.2) is 23.8 Å². The maximum absolute atomic E-state index is 12.8. The fourth-order valence-electron chi connectivity index (χ4n) is 2.37. The van der Waals surface area contributed by atoms with E-state index in [9.17, 15) is 9.50 Å². The Morgan fingerprint density at radius 1 is 1.25 bits per heavy atom. The Balaban J connectivity index is 2.08. The normalized spacial score (nSPS) is 25.6. The molecule has 1 unspecified atom stereocenters. The molecule has 0 amide bonds. The lowest BCUT2D eigenvalue weighted by molar-refractivity contribution is 0.131. The number of benzene rings is 1. The van der Waals surface area contributed by atoms with Crippen molar-refractivity contribution in [1.29, 1.82) is 0 Å². The highest BCUT2D eigenvalue weighted by Crippen LogP contribution is 2.23. The van der Waals surface area contributed by atoms with E-state index in [4.69, 9.17) is 0 Å². The number of halogens is 1. The van der Waals surface area contributed by atoms with Gasteiger partial charge < -0.3 is 10.4 Å². The van der Waals surface area contributed by atoms with Gasteiger partial charge in [0.25, 0.3) is 0 Å². The molecule has 1 aliphatic rings. The minimum Gasteiger partial charge on any atom is -0.394 e. The Bertz CT molecular complexity index is 330. The zero-order valence-electron chi connectivity index (χ0n) is 9.38. The topological polar surface area (TPSA) is 32.3 Å². The maximum Gasteiger partial charge on any atom is 0.123 e. The van der Waals surface area contributed by atoms with Crippen LogP contribution in [0.5, 0.6) is 0 Å². The molecule has 2 rings (SSSR count). The summed E-state index contributed by atoms with van der Waals surface area (Å²) < 4.78 is 12.8. The van der Waals surface area contributed by atoms with E-state index in [1.54, 1.807) is 12.1 Å². The zero-order valence-corrected chi connectivity index (χ0v) is 9.38. The molecule has 2 nitrogen and oxygen atoms in total. The van der Waals surface area contributed by atoms with E-state index < -0.39 is 0 Å². The molecular formula is C13H18FNO. The van der Waals surface area contributed by atoms with Crippen LogP contribution in [0.4, 0.5) is 4.39 Å². The molecule has 1 aliphatic heterocycles. The number of hydrogen-bond donors (Lipinski definition) is 2. The maximum atomic E-state index is 12.8. The summed E-state index contributed by atoms with van der Waals surface area (Å²) in [6.45, 7) is 1.10. The molecule has 1 aromatic rings. The summed E-state index contributed by atoms with van der Waals surface area (Å²) in [7, 11) is 0. The highest BCUT2D eigenvalue weighted by atomic mass is 19.1. The van der Waals surface area contributed by atoms with Crippen LogP contribution in [0.2, 0.25) is 0 Å². The molecule has 2 N–H and O–H groups in total. The van der Waals surface area contributed by atoms with Crippen molar-refractivity contribution in [3.63, 3.8) is 0 Å². The van der Waals surface area contributed by atoms with Gasteiger partial charge in [-0.05, 0) is 43.5 Å². The van der Waals surface area contributed by atoms with Gasteiger partial charge in [-0.25, -0.2) is 4.39 Å². The Morgan fingerprint density at radius 2 is 2.00 bits per heavy atom. The van der Waals surface area contributed by atoms with Gasteiger partial charge >= 0.3 is 0 Å². The number of aliphatic hydroxyl groups excluding tert-OH is 1. The van der Waals surface area contributed by atoms with E-state index in [1.807, 2.05) is 0 Å². The van der Waals surface area contributed by atoms with Gasteiger partial charge in [0.2, 0.25) is 0 Å². The molecule has 0 saturated carbocycles. The first-order chi connectivity index (χ1) is 7.74. The molecule has 1 aromatic carbocycles. The van der Waals surface area contributed by atoms with E-state index in [0.29, 0.717) is 0 Å². The Labute approximate surface area is 95.5 Å². The molecule has 1 fully saturated rings. The first-order valence-corrected chi connectivity index (χ1v) is 5.84. The largest absolute Gasteiger partial charge is 0.394 e. The predicted molar refractivity (Wildman–Crippen MR) is 61.8 cm³/mol. The van der Waals surface area contributed by atoms with Gasteiger partial charge in [0.1, 0.15) is 5.82 Å². The number of nitrogens with one attached hydrogen (secondary N) is 1. The Hall–Kier alpha value is -0.930. The lowest BCUT2D eigenvalue weighted by Gasteiger charge is -2.37. The molecule has 3 heteroatoms. The fraction of sp³-hybridized carbons (Fsp3) is 0.538. The minimum absolute atomic E-state index is 0.143. The van der Waals surface area contributed by atoms with E-state index >= 15 is 0 Å². The van der Waals surface area contributed by atoms with Crippen molar-refractivity contribution in [2.45, 2.75) is 31.2 Å². The average Bonchev–Trinajstić information content (AvgIpc) is 2.33. The summed E-state index contributed by atoms with van der Waals surface area (Å²) >= 11 is 0. The Morgan fingerprint density at radius 3 is 2.56 bits per heavy atom. The van der Waals surface area contributed by atoms with E-state index in [0.717, 1.165) is 31.4 Å². The lowest BCUT2D eigenvalue weighted by Crippen LogP contribution is -2.53. The van der Waals surface area contributed by atoms with Gasteiger partial charge in [-0.15, -0.1) is 0 Å². The van der Waals surface area contributed by atoms with Crippen molar-refractivity contribution in [3.05, 3.63) is 35.6 Å². The first-order valence-electron chi connectivity index (χ1n) is 5.84. The Kier molecular flexibility index (Phi) is 3.56. The zero-order chi connectivity index (χ0) is 11.4. The molecule has 0 aromatic heterocycles. The van der Waals surface area contributed by atoms with Gasteiger partial charge in [0.15, 0.2) is 0 Å². The number of rotatable bonds is 3. The van der Waals surface area contributed by atoms with Gasteiger partial charge in [0.05, 0.1) is 6.61 Å². The molecule has 1 saturated heterocycles. The van der Waals surface area contributed by atoms with Gasteiger partial charge in [-0.1, -0.05) is 18.6 Å². The third-order valence-corrected chi connectivity index (χ3v) is 3.34. The van der Waals surface area contributed by atoms with Crippen LogP contribution >= 0.6 is 0 Å². The molecule has 0 bridgehead atoms. The van der Waals surface area contributed by atoms with Crippen molar-refractivity contribution in [2.24, 2.45) is 0 Å². The first kappa shape index (κ1) is 11.6. The third kappa shape index (κ3) is 2.60. The SMILES string of the molecule is OCC1(Cc2ccc(F)cc2)CCCCN1. The summed E-state index contributed by atoms with van der Waals surface area (Å²) in [6, 6.07) is 6.54. The monoisotopic (exact) mass is 223 g/mol. The van der Waals surface area contributed by atoms with Gasteiger partial charge in [0, 0.05) is 5.54 Å². The summed E-state index contributed by atoms with van der Waals surface area (Å²) in [5, 5.41) is 12.9. The van der Waals surface area contributed by atoms with Crippen molar-refractivity contribution in [1.82, 2.24) is 5.32 Å². The van der Waals surface area contributed by atoms with E-state index in [-0.39, 0.29) is 18.0 Å². The van der Waals surface area contributed by atoms with Crippen molar-refractivity contribution >= 4 is 0 Å². The molecular weight excluding hydrogens is 205 g/mol. The highest BCUT2D eigenvalue weighted by Gasteiger charge is 2.30. The van der Waals surface area contributed by atoms with Crippen molar-refractivity contribution < 1.29 is 9.50 Å². The summed E-state index contributed by atoms with van der Waals surface area (Å²) in [4.78, 5) is 0. The third-order valence-electron chi connectivity index (χ3n) is 3.34. The highest BCUT2D eigenvalue weighted by molar-refractivity contribution is 5.19. The molecule has 1 atom stereocenters. The van der Waals surface area contributed by atoms with E-state index in [2.05, 4.69) is 5.32 Å². The predicted octanol–water partition coefficient (Wildman–Crippen LogP) is 1.87. The van der Waals surface area contributed by atoms with Crippen LogP contribution in [0.15, 0.2) is 24.3 Å². The van der Waals surface area contributed by atoms with Gasteiger partial charge in [-0.2, -0.15) is 0 Å². The summed E-state index contributed by atoms with van der Waals surface area (Å²) in [5.74, 6) is -0.210. The average molecular weight is 223 g/mol.